The molecule has 65 heavy (non-hydrogen) atoms. The van der Waals surface area contributed by atoms with Crippen molar-refractivity contribution < 1.29 is 51.9 Å². The van der Waals surface area contributed by atoms with Crippen molar-refractivity contribution in [1.29, 1.82) is 0 Å². The predicted molar refractivity (Wildman–Crippen MR) is 239 cm³/mol. The minimum absolute atomic E-state index is 0.315. The maximum Gasteiger partial charge on any atom is 0.294 e. The van der Waals surface area contributed by atoms with Gasteiger partial charge in [0.15, 0.2) is 0 Å². The molecule has 0 aliphatic carbocycles. The summed E-state index contributed by atoms with van der Waals surface area (Å²) in [5.74, 6) is -0.648. The molecule has 0 fully saturated rings. The van der Waals surface area contributed by atoms with Gasteiger partial charge in [0, 0.05) is 46.5 Å². The van der Waals surface area contributed by atoms with Crippen LogP contribution >= 0.6 is 0 Å². The number of allylic oxidation sites excluding steroid dienone is 2. The van der Waals surface area contributed by atoms with Gasteiger partial charge >= 0.3 is 0 Å². The van der Waals surface area contributed by atoms with E-state index in [1.54, 1.807) is 49.5 Å². The van der Waals surface area contributed by atoms with Crippen molar-refractivity contribution in [1.82, 2.24) is 14.5 Å². The standard InChI is InChI=1S/C45H34N4O12S4/c1-49-40-24-25-41(49)45(29-8-16-33(17-9-29)65(59,60)61)39-23-21-37(48-39)43(27-4-12-31(13-5-27)63(53,54)55)35-19-18-34(46-35)42(26-2-10-30(11-3-26)62(50,51)52)36-20-22-38(47-36)44(40)28-6-14-32(15-7-28)64(56,57)58/h2-25,42,46-47H,1H3,(H,50,51,52)(H,53,54,55)(H,56,57,58)(H,59,60,61)/b43-37-,44-40?,45-41?. The number of rotatable bonds is 8. The molecule has 0 saturated heterocycles. The van der Waals surface area contributed by atoms with Crippen molar-refractivity contribution in [3.63, 3.8) is 0 Å². The first-order chi connectivity index (χ1) is 30.6. The zero-order valence-electron chi connectivity index (χ0n) is 33.5. The van der Waals surface area contributed by atoms with Crippen LogP contribution in [0.3, 0.4) is 0 Å². The third kappa shape index (κ3) is 8.28. The molecule has 2 aliphatic rings. The Morgan fingerprint density at radius 1 is 0.446 bits per heavy atom. The maximum atomic E-state index is 12.1. The molecule has 3 aromatic heterocycles. The third-order valence-corrected chi connectivity index (χ3v) is 14.7. The maximum absolute atomic E-state index is 12.1. The molecule has 16 nitrogen and oxygen atoms in total. The monoisotopic (exact) mass is 950 g/mol. The van der Waals surface area contributed by atoms with Crippen LogP contribution in [-0.4, -0.2) is 72.1 Å². The van der Waals surface area contributed by atoms with Gasteiger partial charge in [-0.2, -0.15) is 33.7 Å². The van der Waals surface area contributed by atoms with E-state index in [9.17, 15) is 51.9 Å². The normalized spacial score (nSPS) is 16.8. The van der Waals surface area contributed by atoms with Crippen LogP contribution in [0.25, 0.3) is 16.7 Å². The molecule has 2 aliphatic heterocycles. The van der Waals surface area contributed by atoms with E-state index in [-0.39, 0.29) is 19.6 Å². The molecule has 9 rings (SSSR count). The van der Waals surface area contributed by atoms with E-state index >= 15 is 0 Å². The molecule has 6 N–H and O–H groups in total. The number of fused-ring (bicyclic) bond motifs is 7. The van der Waals surface area contributed by atoms with E-state index in [0.717, 1.165) is 0 Å². The lowest BCUT2D eigenvalue weighted by atomic mass is 9.93. The van der Waals surface area contributed by atoms with Crippen LogP contribution < -0.4 is 10.7 Å². The molecule has 7 aromatic rings. The van der Waals surface area contributed by atoms with Crippen molar-refractivity contribution in [3.8, 4) is 0 Å². The van der Waals surface area contributed by atoms with Gasteiger partial charge in [-0.3, -0.25) is 18.2 Å². The molecule has 4 aromatic carbocycles. The molecular formula is C45H34N4O12S4. The molecule has 330 valence electrons. The van der Waals surface area contributed by atoms with Gasteiger partial charge in [-0.25, -0.2) is 4.99 Å². The molecular weight excluding hydrogens is 917 g/mol. The number of nitrogens with zero attached hydrogens (tertiary/aromatic N) is 2. The zero-order valence-corrected chi connectivity index (χ0v) is 36.8. The summed E-state index contributed by atoms with van der Waals surface area (Å²) >= 11 is 0. The lowest BCUT2D eigenvalue weighted by Gasteiger charge is -2.17. The average Bonchev–Trinajstić information content (AvgIpc) is 4.09. The highest BCUT2D eigenvalue weighted by molar-refractivity contribution is 7.86. The van der Waals surface area contributed by atoms with E-state index in [0.29, 0.717) is 83.9 Å². The molecule has 20 heteroatoms. The summed E-state index contributed by atoms with van der Waals surface area (Å²) in [7, 11) is -16.4. The second-order valence-electron chi connectivity index (χ2n) is 15.1. The number of hydrogen-bond donors (Lipinski definition) is 6. The summed E-state index contributed by atoms with van der Waals surface area (Å²) in [5.41, 5.74) is 6.96. The van der Waals surface area contributed by atoms with Crippen molar-refractivity contribution >= 4 is 62.9 Å². The van der Waals surface area contributed by atoms with Gasteiger partial charge in [0.1, 0.15) is 0 Å². The molecule has 0 radical (unpaired) electrons. The van der Waals surface area contributed by atoms with Gasteiger partial charge in [-0.15, -0.1) is 0 Å². The van der Waals surface area contributed by atoms with Gasteiger partial charge in [0.05, 0.1) is 47.6 Å². The van der Waals surface area contributed by atoms with Gasteiger partial charge in [0.2, 0.25) is 0 Å². The van der Waals surface area contributed by atoms with Crippen LogP contribution in [0, 0.1) is 0 Å². The van der Waals surface area contributed by atoms with Gasteiger partial charge < -0.3 is 14.5 Å². The third-order valence-electron chi connectivity index (χ3n) is 11.2. The van der Waals surface area contributed by atoms with Gasteiger partial charge in [-0.1, -0.05) is 48.5 Å². The Hall–Kier alpha value is -6.75. The average molecular weight is 951 g/mol. The SMILES string of the molecule is Cn1c2ccc1=C(c1ccc(S(=O)(=O)O)cc1)c1ccc([nH]1)C(c1ccc(S(=O)(=O)O)cc1)c1ccc([nH]1)/C(c1ccc(S(=O)(=O)O)cc1)=C1/C=CC(=N1)C=2c1ccc(S(=O)(=O)O)cc1. The molecule has 1 unspecified atom stereocenters. The van der Waals surface area contributed by atoms with Crippen LogP contribution in [0.5, 0.6) is 0 Å². The van der Waals surface area contributed by atoms with E-state index in [4.69, 9.17) is 4.99 Å². The first-order valence-electron chi connectivity index (χ1n) is 19.3. The van der Waals surface area contributed by atoms with Crippen LogP contribution in [0.15, 0.2) is 176 Å². The Labute approximate surface area is 372 Å². The lowest BCUT2D eigenvalue weighted by molar-refractivity contribution is 0.481. The quantitative estimate of drug-likeness (QED) is 0.109. The fourth-order valence-electron chi connectivity index (χ4n) is 8.16. The van der Waals surface area contributed by atoms with E-state index < -0.39 is 46.4 Å². The minimum atomic E-state index is -4.55. The molecule has 5 heterocycles. The Kier molecular flexibility index (Phi) is 10.5. The Balaban J connectivity index is 1.39. The number of aromatic nitrogens is 3. The van der Waals surface area contributed by atoms with Gasteiger partial charge in [0.25, 0.3) is 40.5 Å². The second kappa shape index (κ2) is 15.7. The summed E-state index contributed by atoms with van der Waals surface area (Å²) in [5, 5.41) is 1.20. The van der Waals surface area contributed by atoms with E-state index in [1.165, 1.54) is 72.8 Å². The highest BCUT2D eigenvalue weighted by Crippen LogP contribution is 2.37. The highest BCUT2D eigenvalue weighted by atomic mass is 32.2. The summed E-state index contributed by atoms with van der Waals surface area (Å²) in [6.07, 6.45) is 3.52. The number of nitrogens with one attached hydrogen (secondary N) is 2. The minimum Gasteiger partial charge on any atom is -0.357 e. The van der Waals surface area contributed by atoms with E-state index in [1.807, 2.05) is 34.9 Å². The number of aliphatic imine (C=N–C) groups is 1. The summed E-state index contributed by atoms with van der Waals surface area (Å²) < 4.78 is 138. The first kappa shape index (κ1) is 43.5. The number of benzene rings is 4. The topological polar surface area (TPSA) is 266 Å². The van der Waals surface area contributed by atoms with Crippen LogP contribution in [0.2, 0.25) is 0 Å². The highest BCUT2D eigenvalue weighted by Gasteiger charge is 2.27. The van der Waals surface area contributed by atoms with Gasteiger partial charge in [-0.05, 0) is 119 Å². The lowest BCUT2D eigenvalue weighted by Crippen LogP contribution is -2.29. The number of H-pyrrole nitrogens is 2. The molecule has 1 atom stereocenters. The van der Waals surface area contributed by atoms with E-state index in [2.05, 4.69) is 9.97 Å². The molecule has 8 bridgehead atoms. The summed E-state index contributed by atoms with van der Waals surface area (Å²) in [6, 6.07) is 33.5. The fraction of sp³-hybridized carbons (Fsp3) is 0.0444. The zero-order chi connectivity index (χ0) is 46.2. The second-order valence-corrected chi connectivity index (χ2v) is 20.8. The number of aromatic amines is 2. The Bertz CT molecular complexity index is 3790. The van der Waals surface area contributed by atoms with Crippen LogP contribution in [0.1, 0.15) is 50.9 Å². The number of hydrogen-bond acceptors (Lipinski definition) is 9. The molecule has 0 saturated carbocycles. The summed E-state index contributed by atoms with van der Waals surface area (Å²) in [4.78, 5) is 10.9. The fourth-order valence-corrected chi connectivity index (χ4v) is 10.1. The van der Waals surface area contributed by atoms with Crippen molar-refractivity contribution in [3.05, 3.63) is 207 Å². The largest absolute Gasteiger partial charge is 0.357 e. The van der Waals surface area contributed by atoms with Crippen molar-refractivity contribution in [2.24, 2.45) is 12.0 Å². The van der Waals surface area contributed by atoms with Crippen LogP contribution in [0.4, 0.5) is 0 Å². The van der Waals surface area contributed by atoms with Crippen molar-refractivity contribution in [2.45, 2.75) is 25.5 Å². The predicted octanol–water partition coefficient (Wildman–Crippen LogP) is 5.08. The molecule has 0 amide bonds. The van der Waals surface area contributed by atoms with Crippen LogP contribution in [-0.2, 0) is 47.5 Å². The smallest absolute Gasteiger partial charge is 0.294 e. The molecule has 0 spiro atoms. The summed E-state index contributed by atoms with van der Waals surface area (Å²) in [6.45, 7) is 0. The Morgan fingerprint density at radius 2 is 0.815 bits per heavy atom. The van der Waals surface area contributed by atoms with Crippen molar-refractivity contribution in [2.75, 3.05) is 0 Å². The Morgan fingerprint density at radius 3 is 1.25 bits per heavy atom. The first-order valence-corrected chi connectivity index (χ1v) is 25.0.